The lowest BCUT2D eigenvalue weighted by Gasteiger charge is -2.36. The van der Waals surface area contributed by atoms with Crippen LogP contribution in [0.3, 0.4) is 0 Å². The fraction of sp³-hybridized carbons (Fsp3) is 0.548. The molecule has 1 aliphatic heterocycles. The Bertz CT molecular complexity index is 1260. The van der Waals surface area contributed by atoms with Gasteiger partial charge >= 0.3 is 12.1 Å². The summed E-state index contributed by atoms with van der Waals surface area (Å²) in [6.07, 6.45) is -0.0867. The van der Waals surface area contributed by atoms with Crippen LogP contribution < -0.4 is 5.32 Å². The number of benzene rings is 1. The monoisotopic (exact) mass is 597 g/mol. The smallest absolute Gasteiger partial charge is 0.409 e. The van der Waals surface area contributed by atoms with Gasteiger partial charge in [0, 0.05) is 50.5 Å². The molecule has 0 spiro atoms. The average Bonchev–Trinajstić information content (AvgIpc) is 2.98. The van der Waals surface area contributed by atoms with Gasteiger partial charge in [0.05, 0.1) is 6.61 Å². The van der Waals surface area contributed by atoms with Gasteiger partial charge in [0.1, 0.15) is 17.3 Å². The van der Waals surface area contributed by atoms with Crippen molar-refractivity contribution in [1.29, 1.82) is 0 Å². The number of nitrogens with zero attached hydrogens (tertiary/aromatic N) is 4. The van der Waals surface area contributed by atoms with Crippen molar-refractivity contribution >= 4 is 23.9 Å². The fourth-order valence-electron chi connectivity index (χ4n) is 4.55. The third-order valence-electron chi connectivity index (χ3n) is 6.69. The predicted molar refractivity (Wildman–Crippen MR) is 159 cm³/mol. The Morgan fingerprint density at radius 3 is 2.28 bits per heavy atom. The van der Waals surface area contributed by atoms with Gasteiger partial charge in [0.2, 0.25) is 5.91 Å². The number of rotatable bonds is 11. The summed E-state index contributed by atoms with van der Waals surface area (Å²) in [5, 5.41) is 12.4. The molecule has 2 heterocycles. The summed E-state index contributed by atoms with van der Waals surface area (Å²) < 4.78 is 10.5. The van der Waals surface area contributed by atoms with E-state index in [0.29, 0.717) is 23.5 Å². The maximum Gasteiger partial charge on any atom is 0.409 e. The standard InChI is InChI=1S/C31H43N5O7/c1-6-42-30(41)36-16-14-35(15-17-36)29(40)24(12-13-26(38)43-31(3,4)5)34-28(39)25-19-23(18-21(2)20-37)32-27(33-25)22-10-8-7-9-11-22/h7-11,19,21,24,37H,6,12-18,20H2,1-5H3,(H,34,39). The molecule has 2 atom stereocenters. The molecule has 1 fully saturated rings. The highest BCUT2D eigenvalue weighted by atomic mass is 16.6. The highest BCUT2D eigenvalue weighted by molar-refractivity contribution is 5.96. The molecular weight excluding hydrogens is 554 g/mol. The molecule has 0 radical (unpaired) electrons. The number of hydrogen-bond acceptors (Lipinski definition) is 9. The van der Waals surface area contributed by atoms with E-state index in [1.54, 1.807) is 38.7 Å². The highest BCUT2D eigenvalue weighted by Crippen LogP contribution is 2.19. The molecule has 0 bridgehead atoms. The minimum Gasteiger partial charge on any atom is -0.460 e. The summed E-state index contributed by atoms with van der Waals surface area (Å²) in [5.41, 5.74) is 0.663. The Balaban J connectivity index is 1.84. The van der Waals surface area contributed by atoms with Crippen molar-refractivity contribution in [3.63, 3.8) is 0 Å². The summed E-state index contributed by atoms with van der Waals surface area (Å²) in [6.45, 7) is 10.2. The molecule has 1 aromatic heterocycles. The van der Waals surface area contributed by atoms with Crippen molar-refractivity contribution in [3.05, 3.63) is 47.8 Å². The van der Waals surface area contributed by atoms with Crippen LogP contribution in [-0.4, -0.2) is 99.8 Å². The lowest BCUT2D eigenvalue weighted by Crippen LogP contribution is -2.56. The third-order valence-corrected chi connectivity index (χ3v) is 6.69. The van der Waals surface area contributed by atoms with Gasteiger partial charge in [0.25, 0.3) is 5.91 Å². The molecule has 1 aromatic carbocycles. The van der Waals surface area contributed by atoms with Crippen molar-refractivity contribution in [2.45, 2.75) is 65.5 Å². The molecule has 43 heavy (non-hydrogen) atoms. The third kappa shape index (κ3) is 10.3. The zero-order valence-electron chi connectivity index (χ0n) is 25.7. The number of aliphatic hydroxyl groups is 1. The van der Waals surface area contributed by atoms with Crippen LogP contribution in [0.4, 0.5) is 4.79 Å². The summed E-state index contributed by atoms with van der Waals surface area (Å²) in [6, 6.07) is 9.73. The first-order valence-corrected chi connectivity index (χ1v) is 14.7. The molecule has 3 rings (SSSR count). The van der Waals surface area contributed by atoms with Crippen molar-refractivity contribution in [2.75, 3.05) is 39.4 Å². The lowest BCUT2D eigenvalue weighted by molar-refractivity contribution is -0.155. The number of amides is 3. The number of carbonyl (C=O) groups excluding carboxylic acids is 4. The Hall–Kier alpha value is -4.06. The number of aromatic nitrogens is 2. The van der Waals surface area contributed by atoms with E-state index in [1.165, 1.54) is 4.90 Å². The first kappa shape index (κ1) is 33.4. The Morgan fingerprint density at radius 2 is 1.67 bits per heavy atom. The minimum atomic E-state index is -1.04. The molecule has 234 valence electrons. The Morgan fingerprint density at radius 1 is 1.02 bits per heavy atom. The van der Waals surface area contributed by atoms with Gasteiger partial charge in [-0.05, 0) is 52.5 Å². The topological polar surface area (TPSA) is 151 Å². The van der Waals surface area contributed by atoms with Crippen molar-refractivity contribution in [1.82, 2.24) is 25.1 Å². The second kappa shape index (κ2) is 15.4. The van der Waals surface area contributed by atoms with Crippen LogP contribution in [0.25, 0.3) is 11.4 Å². The molecule has 0 aliphatic carbocycles. The first-order valence-electron chi connectivity index (χ1n) is 14.7. The molecule has 12 nitrogen and oxygen atoms in total. The van der Waals surface area contributed by atoms with Crippen LogP contribution in [-0.2, 0) is 25.5 Å². The van der Waals surface area contributed by atoms with Gasteiger partial charge in [-0.1, -0.05) is 37.3 Å². The van der Waals surface area contributed by atoms with Gasteiger partial charge in [-0.3, -0.25) is 14.4 Å². The SMILES string of the molecule is CCOC(=O)N1CCN(C(=O)C(CCC(=O)OC(C)(C)C)NC(=O)c2cc(CC(C)CO)nc(-c3ccccc3)n2)CC1. The van der Waals surface area contributed by atoms with E-state index < -0.39 is 29.6 Å². The Labute approximate surface area is 252 Å². The largest absolute Gasteiger partial charge is 0.460 e. The van der Waals surface area contributed by atoms with Gasteiger partial charge in [-0.15, -0.1) is 0 Å². The average molecular weight is 598 g/mol. The van der Waals surface area contributed by atoms with Gasteiger partial charge in [-0.2, -0.15) is 0 Å². The second-order valence-electron chi connectivity index (χ2n) is 11.6. The number of ether oxygens (including phenoxy) is 2. The zero-order valence-corrected chi connectivity index (χ0v) is 25.7. The van der Waals surface area contributed by atoms with Crippen LogP contribution in [0.2, 0.25) is 0 Å². The van der Waals surface area contributed by atoms with Gasteiger partial charge < -0.3 is 29.7 Å². The van der Waals surface area contributed by atoms with E-state index in [9.17, 15) is 24.3 Å². The van der Waals surface area contributed by atoms with Crippen LogP contribution in [0, 0.1) is 5.92 Å². The number of hydrogen-bond donors (Lipinski definition) is 2. The maximum absolute atomic E-state index is 13.7. The molecule has 3 amide bonds. The van der Waals surface area contributed by atoms with E-state index in [-0.39, 0.29) is 69.8 Å². The van der Waals surface area contributed by atoms with Crippen LogP contribution in [0.15, 0.2) is 36.4 Å². The maximum atomic E-state index is 13.7. The number of piperazine rings is 1. The number of nitrogens with one attached hydrogen (secondary N) is 1. The molecule has 1 saturated heterocycles. The van der Waals surface area contributed by atoms with Crippen molar-refractivity contribution in [2.24, 2.45) is 5.92 Å². The van der Waals surface area contributed by atoms with E-state index in [0.717, 1.165) is 0 Å². The summed E-state index contributed by atoms with van der Waals surface area (Å²) in [7, 11) is 0. The van der Waals surface area contributed by atoms with Gasteiger partial charge in [-0.25, -0.2) is 14.8 Å². The number of esters is 1. The number of carbonyl (C=O) groups is 4. The molecule has 1 aliphatic rings. The highest BCUT2D eigenvalue weighted by Gasteiger charge is 2.32. The lowest BCUT2D eigenvalue weighted by atomic mass is 10.0. The molecule has 2 aromatic rings. The quantitative estimate of drug-likeness (QED) is 0.373. The van der Waals surface area contributed by atoms with Crippen molar-refractivity contribution < 1.29 is 33.8 Å². The second-order valence-corrected chi connectivity index (χ2v) is 11.6. The van der Waals surface area contributed by atoms with E-state index in [4.69, 9.17) is 9.47 Å². The molecule has 12 heteroatoms. The normalized spacial score (nSPS) is 14.9. The van der Waals surface area contributed by atoms with Gasteiger partial charge in [0.15, 0.2) is 5.82 Å². The van der Waals surface area contributed by atoms with E-state index in [1.807, 2.05) is 37.3 Å². The number of aliphatic hydroxyl groups excluding tert-OH is 1. The Kier molecular flexibility index (Phi) is 12.0. The predicted octanol–water partition coefficient (Wildman–Crippen LogP) is 2.84. The van der Waals surface area contributed by atoms with Crippen LogP contribution in [0.5, 0.6) is 0 Å². The van der Waals surface area contributed by atoms with Crippen molar-refractivity contribution in [3.8, 4) is 11.4 Å². The summed E-state index contributed by atoms with van der Waals surface area (Å²) in [4.78, 5) is 64.1. The van der Waals surface area contributed by atoms with E-state index >= 15 is 0 Å². The molecule has 0 saturated carbocycles. The fourth-order valence-corrected chi connectivity index (χ4v) is 4.55. The minimum absolute atomic E-state index is 0.0165. The van der Waals surface area contributed by atoms with Crippen LogP contribution in [0.1, 0.15) is 63.6 Å². The summed E-state index contributed by atoms with van der Waals surface area (Å²) >= 11 is 0. The zero-order chi connectivity index (χ0) is 31.6. The summed E-state index contributed by atoms with van der Waals surface area (Å²) in [5.74, 6) is -1.19. The molecule has 2 N–H and O–H groups in total. The molecule has 2 unspecified atom stereocenters. The van der Waals surface area contributed by atoms with E-state index in [2.05, 4.69) is 15.3 Å². The first-order chi connectivity index (χ1) is 20.4. The molecular formula is C31H43N5O7. The van der Waals surface area contributed by atoms with Crippen LogP contribution >= 0.6 is 0 Å².